The summed E-state index contributed by atoms with van der Waals surface area (Å²) >= 11 is 11.8. The summed E-state index contributed by atoms with van der Waals surface area (Å²) in [7, 11) is 0. The predicted octanol–water partition coefficient (Wildman–Crippen LogP) is 5.75. The Hall–Kier alpha value is -2.84. The molecule has 0 saturated carbocycles. The Labute approximate surface area is 179 Å². The first-order valence-corrected chi connectivity index (χ1v) is 9.40. The standard InChI is InChI=1S/C20H15Cl2F3N4O/c1-11-16(28-29-18(11)20(23,24)25)10-17(26-15-4-2-3-14(22)9-15)27-19(30)12-5-7-13(21)8-6-12/h2-9H,10H2,1H3,(H,28,29)(H,26,27,30). The normalized spacial score (nSPS) is 12.1. The number of aliphatic imine (C=N–C) groups is 1. The van der Waals surface area contributed by atoms with E-state index >= 15 is 0 Å². The van der Waals surface area contributed by atoms with Gasteiger partial charge in [0.1, 0.15) is 5.84 Å². The lowest BCUT2D eigenvalue weighted by Gasteiger charge is -2.10. The number of alkyl halides is 3. The van der Waals surface area contributed by atoms with E-state index in [-0.39, 0.29) is 23.5 Å². The molecule has 3 rings (SSSR count). The fourth-order valence-corrected chi connectivity index (χ4v) is 2.98. The van der Waals surface area contributed by atoms with E-state index in [1.807, 2.05) is 0 Å². The number of nitrogens with zero attached hydrogens (tertiary/aromatic N) is 2. The molecule has 1 heterocycles. The van der Waals surface area contributed by atoms with Crippen molar-refractivity contribution in [1.82, 2.24) is 15.5 Å². The maximum absolute atomic E-state index is 13.0. The van der Waals surface area contributed by atoms with Gasteiger partial charge in [-0.05, 0) is 49.4 Å². The van der Waals surface area contributed by atoms with Gasteiger partial charge in [-0.2, -0.15) is 18.3 Å². The minimum atomic E-state index is -4.59. The number of halogens is 5. The molecule has 0 spiro atoms. The average molecular weight is 455 g/mol. The number of aromatic amines is 1. The number of rotatable bonds is 4. The van der Waals surface area contributed by atoms with Gasteiger partial charge in [0.25, 0.3) is 5.91 Å². The van der Waals surface area contributed by atoms with E-state index in [9.17, 15) is 18.0 Å². The van der Waals surface area contributed by atoms with Crippen molar-refractivity contribution in [2.75, 3.05) is 0 Å². The third kappa shape index (κ3) is 5.40. The Morgan fingerprint density at radius 1 is 1.13 bits per heavy atom. The number of nitrogens with one attached hydrogen (secondary N) is 2. The van der Waals surface area contributed by atoms with Crippen LogP contribution in [0, 0.1) is 6.92 Å². The summed E-state index contributed by atoms with van der Waals surface area (Å²) in [6, 6.07) is 12.7. The van der Waals surface area contributed by atoms with Gasteiger partial charge in [-0.25, -0.2) is 4.99 Å². The van der Waals surface area contributed by atoms with Crippen LogP contribution >= 0.6 is 23.2 Å². The van der Waals surface area contributed by atoms with Crippen LogP contribution in [0.15, 0.2) is 53.5 Å². The Morgan fingerprint density at radius 3 is 2.43 bits per heavy atom. The molecule has 0 saturated heterocycles. The molecule has 3 aromatic rings. The maximum Gasteiger partial charge on any atom is 0.435 e. The Bertz CT molecular complexity index is 1090. The van der Waals surface area contributed by atoms with Gasteiger partial charge in [-0.3, -0.25) is 9.89 Å². The van der Waals surface area contributed by atoms with E-state index < -0.39 is 17.8 Å². The van der Waals surface area contributed by atoms with Gasteiger partial charge in [0, 0.05) is 33.3 Å². The molecule has 0 fully saturated rings. The molecule has 156 valence electrons. The molecule has 30 heavy (non-hydrogen) atoms. The fraction of sp³-hybridized carbons (Fsp3) is 0.150. The summed E-state index contributed by atoms with van der Waals surface area (Å²) in [4.78, 5) is 17.0. The van der Waals surface area contributed by atoms with Gasteiger partial charge in [-0.15, -0.1) is 0 Å². The second-order valence-electron chi connectivity index (χ2n) is 6.35. The van der Waals surface area contributed by atoms with Crippen LogP contribution in [0.25, 0.3) is 0 Å². The molecule has 2 aromatic carbocycles. The first kappa shape index (κ1) is 21.9. The number of aromatic nitrogens is 2. The second-order valence-corrected chi connectivity index (χ2v) is 7.22. The molecule has 0 bridgehead atoms. The Morgan fingerprint density at radius 2 is 1.83 bits per heavy atom. The second kappa shape index (κ2) is 8.89. The molecule has 0 atom stereocenters. The van der Waals surface area contributed by atoms with Gasteiger partial charge in [0.15, 0.2) is 5.69 Å². The van der Waals surface area contributed by atoms with E-state index in [4.69, 9.17) is 23.2 Å². The molecule has 0 radical (unpaired) electrons. The van der Waals surface area contributed by atoms with E-state index in [0.29, 0.717) is 21.3 Å². The van der Waals surface area contributed by atoms with Crippen LogP contribution in [0.2, 0.25) is 10.0 Å². The summed E-state index contributed by atoms with van der Waals surface area (Å²) in [6.45, 7) is 1.31. The summed E-state index contributed by atoms with van der Waals surface area (Å²) < 4.78 is 39.1. The Kier molecular flexibility index (Phi) is 6.48. The van der Waals surface area contributed by atoms with Crippen LogP contribution < -0.4 is 5.32 Å². The van der Waals surface area contributed by atoms with E-state index in [1.165, 1.54) is 19.1 Å². The zero-order valence-corrected chi connectivity index (χ0v) is 17.0. The quantitative estimate of drug-likeness (QED) is 0.389. The topological polar surface area (TPSA) is 70.1 Å². The molecular formula is C20H15Cl2F3N4O. The van der Waals surface area contributed by atoms with Gasteiger partial charge in [0.05, 0.1) is 5.69 Å². The molecule has 5 nitrogen and oxygen atoms in total. The third-order valence-corrected chi connectivity index (χ3v) is 4.65. The summed E-state index contributed by atoms with van der Waals surface area (Å²) in [5.74, 6) is -0.363. The molecule has 10 heteroatoms. The van der Waals surface area contributed by atoms with Crippen molar-refractivity contribution in [3.05, 3.63) is 81.1 Å². The molecule has 0 unspecified atom stereocenters. The molecule has 1 amide bonds. The third-order valence-electron chi connectivity index (χ3n) is 4.16. The number of carbonyl (C=O) groups is 1. The number of carbonyl (C=O) groups excluding carboxylic acids is 1. The number of benzene rings is 2. The van der Waals surface area contributed by atoms with Gasteiger partial charge < -0.3 is 5.32 Å². The minimum absolute atomic E-state index is 0.0676. The lowest BCUT2D eigenvalue weighted by molar-refractivity contribution is -0.141. The number of amides is 1. The number of hydrogen-bond acceptors (Lipinski definition) is 3. The van der Waals surface area contributed by atoms with Crippen molar-refractivity contribution < 1.29 is 18.0 Å². The smallest absolute Gasteiger partial charge is 0.310 e. The highest BCUT2D eigenvalue weighted by Gasteiger charge is 2.36. The first-order chi connectivity index (χ1) is 14.1. The van der Waals surface area contributed by atoms with Crippen molar-refractivity contribution in [3.63, 3.8) is 0 Å². The SMILES string of the molecule is Cc1c(C(F)(F)F)n[nH]c1CC(=Nc1cccc(Cl)c1)NC(=O)c1ccc(Cl)cc1. The minimum Gasteiger partial charge on any atom is -0.310 e. The van der Waals surface area contributed by atoms with Crippen molar-refractivity contribution in [3.8, 4) is 0 Å². The lowest BCUT2D eigenvalue weighted by atomic mass is 10.1. The zero-order valence-electron chi connectivity index (χ0n) is 15.5. The maximum atomic E-state index is 13.0. The lowest BCUT2D eigenvalue weighted by Crippen LogP contribution is -2.32. The average Bonchev–Trinajstić information content (AvgIpc) is 3.03. The highest BCUT2D eigenvalue weighted by atomic mass is 35.5. The molecule has 0 aliphatic carbocycles. The van der Waals surface area contributed by atoms with Crippen LogP contribution in [0.4, 0.5) is 18.9 Å². The van der Waals surface area contributed by atoms with Crippen LogP contribution in [-0.2, 0) is 12.6 Å². The summed E-state index contributed by atoms with van der Waals surface area (Å²) in [5.41, 5.74) is -0.150. The van der Waals surface area contributed by atoms with E-state index in [0.717, 1.165) is 0 Å². The van der Waals surface area contributed by atoms with Crippen LogP contribution in [0.5, 0.6) is 0 Å². The van der Waals surface area contributed by atoms with Crippen LogP contribution in [0.1, 0.15) is 27.3 Å². The summed E-state index contributed by atoms with van der Waals surface area (Å²) in [6.07, 6.45) is -4.70. The van der Waals surface area contributed by atoms with E-state index in [1.54, 1.807) is 36.4 Å². The largest absolute Gasteiger partial charge is 0.435 e. The van der Waals surface area contributed by atoms with Crippen LogP contribution in [-0.4, -0.2) is 21.9 Å². The molecule has 0 aliphatic rings. The van der Waals surface area contributed by atoms with Gasteiger partial charge in [-0.1, -0.05) is 29.3 Å². The molecule has 1 aromatic heterocycles. The fourth-order valence-electron chi connectivity index (χ4n) is 2.67. The predicted molar refractivity (Wildman–Crippen MR) is 109 cm³/mol. The van der Waals surface area contributed by atoms with Gasteiger partial charge in [0.2, 0.25) is 0 Å². The molecular weight excluding hydrogens is 440 g/mol. The zero-order chi connectivity index (χ0) is 21.9. The number of hydrogen-bond donors (Lipinski definition) is 2. The Balaban J connectivity index is 1.93. The molecule has 0 aliphatic heterocycles. The van der Waals surface area contributed by atoms with Crippen molar-refractivity contribution >= 4 is 40.6 Å². The summed E-state index contributed by atoms with van der Waals surface area (Å²) in [5, 5.41) is 9.27. The number of H-pyrrole nitrogens is 1. The highest BCUT2D eigenvalue weighted by Crippen LogP contribution is 2.31. The monoisotopic (exact) mass is 454 g/mol. The van der Waals surface area contributed by atoms with Crippen molar-refractivity contribution in [2.24, 2.45) is 4.99 Å². The van der Waals surface area contributed by atoms with Crippen molar-refractivity contribution in [1.29, 1.82) is 0 Å². The van der Waals surface area contributed by atoms with Crippen molar-refractivity contribution in [2.45, 2.75) is 19.5 Å². The van der Waals surface area contributed by atoms with Gasteiger partial charge >= 0.3 is 6.18 Å². The van der Waals surface area contributed by atoms with Crippen LogP contribution in [0.3, 0.4) is 0 Å². The van der Waals surface area contributed by atoms with E-state index in [2.05, 4.69) is 20.5 Å². The first-order valence-electron chi connectivity index (χ1n) is 8.64. The number of amidine groups is 1. The highest BCUT2D eigenvalue weighted by molar-refractivity contribution is 6.31. The molecule has 2 N–H and O–H groups in total.